The van der Waals surface area contributed by atoms with E-state index in [-0.39, 0.29) is 0 Å². The van der Waals surface area contributed by atoms with Gasteiger partial charge >= 0.3 is 0 Å². The zero-order chi connectivity index (χ0) is 32.9. The number of para-hydroxylation sites is 2. The number of hydrazone groups is 1. The van der Waals surface area contributed by atoms with Gasteiger partial charge in [-0.3, -0.25) is 5.01 Å². The van der Waals surface area contributed by atoms with Crippen molar-refractivity contribution in [1.82, 2.24) is 9.13 Å². The summed E-state index contributed by atoms with van der Waals surface area (Å²) >= 11 is 0. The van der Waals surface area contributed by atoms with Crippen molar-refractivity contribution in [3.8, 4) is 0 Å². The molecule has 0 atom stereocenters. The van der Waals surface area contributed by atoms with Gasteiger partial charge in [0.15, 0.2) is 6.20 Å². The number of nitrogens with zero attached hydrogens (tertiary/aromatic N) is 7. The minimum atomic E-state index is -0.936. The maximum Gasteiger partial charge on any atom is 0.243 e. The van der Waals surface area contributed by atoms with Gasteiger partial charge in [-0.25, -0.2) is 18.3 Å². The number of hydrogen-bond acceptors (Lipinski definition) is 2. The van der Waals surface area contributed by atoms with Crippen LogP contribution in [-0.4, -0.2) is 30.5 Å². The first-order valence-corrected chi connectivity index (χ1v) is 21.4. The summed E-state index contributed by atoms with van der Waals surface area (Å²) in [5.74, 6) is 0. The molecule has 0 unspecified atom stereocenters. The second-order valence-corrected chi connectivity index (χ2v) is 19.8. The van der Waals surface area contributed by atoms with Crippen molar-refractivity contribution in [2.45, 2.75) is 103 Å². The van der Waals surface area contributed by atoms with Gasteiger partial charge in [0.25, 0.3) is 0 Å². The van der Waals surface area contributed by atoms with Crippen LogP contribution in [0.1, 0.15) is 50.5 Å². The van der Waals surface area contributed by atoms with Gasteiger partial charge in [0.1, 0.15) is 31.3 Å². The van der Waals surface area contributed by atoms with Crippen LogP contribution in [0.3, 0.4) is 0 Å². The molecule has 3 aromatic heterocycles. The number of aryl methyl sites for hydroxylation is 5. The molecule has 5 aromatic rings. The lowest BCUT2D eigenvalue weighted by Gasteiger charge is -2.13. The van der Waals surface area contributed by atoms with Gasteiger partial charge in [0.05, 0.1) is 43.5 Å². The fourth-order valence-electron chi connectivity index (χ4n) is 6.19. The molecule has 47 heavy (non-hydrogen) atoms. The summed E-state index contributed by atoms with van der Waals surface area (Å²) in [4.78, 5) is 0. The van der Waals surface area contributed by atoms with Crippen LogP contribution in [0, 0.1) is 0 Å². The summed E-state index contributed by atoms with van der Waals surface area (Å²) in [6.07, 6.45) is 26.3. The number of anilines is 1. The van der Waals surface area contributed by atoms with Crippen molar-refractivity contribution in [3.63, 3.8) is 0 Å². The molecule has 0 radical (unpaired) electrons. The summed E-state index contributed by atoms with van der Waals surface area (Å²) in [6.45, 7) is 12.8. The maximum atomic E-state index is 4.70. The molecule has 0 N–H and O–H groups in total. The molecule has 7 nitrogen and oxygen atoms in total. The van der Waals surface area contributed by atoms with Gasteiger partial charge in [-0.2, -0.15) is 9.67 Å². The van der Waals surface area contributed by atoms with E-state index < -0.39 is 8.07 Å². The van der Waals surface area contributed by atoms with E-state index in [4.69, 9.17) is 5.10 Å². The average Bonchev–Trinajstić information content (AvgIpc) is 3.73. The van der Waals surface area contributed by atoms with E-state index in [1.165, 1.54) is 61.9 Å². The van der Waals surface area contributed by atoms with Gasteiger partial charge in [-0.1, -0.05) is 56.0 Å². The van der Waals surface area contributed by atoms with Crippen molar-refractivity contribution < 1.29 is 13.7 Å². The van der Waals surface area contributed by atoms with Crippen LogP contribution in [0.2, 0.25) is 25.7 Å². The van der Waals surface area contributed by atoms with Crippen LogP contribution in [0.25, 0.3) is 10.9 Å². The average molecular weight is 651 g/mol. The Morgan fingerprint density at radius 1 is 0.681 bits per heavy atom. The second kappa shape index (κ2) is 17.2. The molecule has 0 aliphatic rings. The number of benzene rings is 2. The maximum absolute atomic E-state index is 4.70. The molecular weight excluding hydrogens is 595 g/mol. The summed E-state index contributed by atoms with van der Waals surface area (Å²) in [7, 11) is 1.05. The quantitative estimate of drug-likeness (QED) is 0.0305. The number of aromatic nitrogens is 5. The Morgan fingerprint density at radius 3 is 1.98 bits per heavy atom. The molecule has 5 rings (SSSR count). The van der Waals surface area contributed by atoms with Crippen LogP contribution in [0.4, 0.5) is 5.69 Å². The number of imidazole rings is 2. The number of unbranched alkanes of at least 4 members (excludes halogenated alkanes) is 4. The summed E-state index contributed by atoms with van der Waals surface area (Å²) < 4.78 is 11.8. The van der Waals surface area contributed by atoms with Gasteiger partial charge in [-0.15, -0.1) is 0 Å². The Bertz CT molecular complexity index is 1680. The molecule has 0 aliphatic carbocycles. The van der Waals surface area contributed by atoms with E-state index in [0.29, 0.717) is 0 Å². The molecule has 248 valence electrons. The molecule has 0 spiro atoms. The number of hydrogen-bond donors (Lipinski definition) is 0. The lowest BCUT2D eigenvalue weighted by molar-refractivity contribution is -0.697. The third kappa shape index (κ3) is 11.0. The topological polar surface area (TPSA) is 37.1 Å². The zero-order valence-corrected chi connectivity index (χ0v) is 30.2. The van der Waals surface area contributed by atoms with Crippen molar-refractivity contribution in [1.29, 1.82) is 0 Å². The van der Waals surface area contributed by atoms with E-state index in [0.717, 1.165) is 44.0 Å². The lowest BCUT2D eigenvalue weighted by atomic mass is 10.1. The molecule has 0 saturated heterocycles. The molecule has 0 aliphatic heterocycles. The van der Waals surface area contributed by atoms with E-state index >= 15 is 0 Å². The first-order valence-electron chi connectivity index (χ1n) is 17.7. The zero-order valence-electron chi connectivity index (χ0n) is 29.2. The smallest absolute Gasteiger partial charge is 0.243 e. The highest BCUT2D eigenvalue weighted by Crippen LogP contribution is 2.16. The molecule has 0 saturated carbocycles. The molecular formula is C39H56N7Si+3. The molecule has 0 bridgehead atoms. The van der Waals surface area contributed by atoms with Crippen LogP contribution in [0.5, 0.6) is 0 Å². The van der Waals surface area contributed by atoms with E-state index in [9.17, 15) is 0 Å². The van der Waals surface area contributed by atoms with Crippen LogP contribution < -0.4 is 18.7 Å². The lowest BCUT2D eigenvalue weighted by Crippen LogP contribution is -2.34. The highest BCUT2D eigenvalue weighted by molar-refractivity contribution is 6.76. The highest BCUT2D eigenvalue weighted by atomic mass is 28.3. The van der Waals surface area contributed by atoms with E-state index in [2.05, 4.69) is 129 Å². The molecule has 0 fully saturated rings. The van der Waals surface area contributed by atoms with E-state index in [1.807, 2.05) is 36.5 Å². The van der Waals surface area contributed by atoms with Gasteiger partial charge in [-0.05, 0) is 56.7 Å². The van der Waals surface area contributed by atoms with Gasteiger partial charge < -0.3 is 0 Å². The highest BCUT2D eigenvalue weighted by Gasteiger charge is 2.14. The third-order valence-electron chi connectivity index (χ3n) is 8.94. The number of pyridine rings is 1. The standard InChI is InChI=1S/C39H56N7Si/c1-41(37-17-8-7-9-18-37)40-33-36-21-27-46(39-20-11-10-19-38(36)39)26-13-6-5-12-22-42-28-29-43(34-42)23-14-15-24-44-30-31-45(35-44)25-16-32-47(2,3)4/h7-11,17-21,27-31,33-35H,5-6,12-16,22-26,32H2,1-4H3/q+3. The number of fused-ring (bicyclic) bond motifs is 1. The Balaban J connectivity index is 0.980. The van der Waals surface area contributed by atoms with Gasteiger partial charge in [0.2, 0.25) is 18.2 Å². The molecule has 8 heteroatoms. The van der Waals surface area contributed by atoms with Crippen LogP contribution in [0.15, 0.2) is 109 Å². The fraction of sp³-hybridized carbons (Fsp3) is 0.436. The Labute approximate surface area is 283 Å². The Morgan fingerprint density at radius 2 is 1.30 bits per heavy atom. The predicted molar refractivity (Wildman–Crippen MR) is 196 cm³/mol. The first kappa shape index (κ1) is 34.3. The van der Waals surface area contributed by atoms with Crippen molar-refractivity contribution in [3.05, 3.63) is 110 Å². The first-order chi connectivity index (χ1) is 22.8. The minimum absolute atomic E-state index is 0.936. The van der Waals surface area contributed by atoms with Crippen molar-refractivity contribution in [2.75, 3.05) is 12.1 Å². The minimum Gasteiger partial charge on any atom is -0.269 e. The summed E-state index contributed by atoms with van der Waals surface area (Å²) in [5, 5.41) is 7.86. The summed E-state index contributed by atoms with van der Waals surface area (Å²) in [5.41, 5.74) is 3.48. The van der Waals surface area contributed by atoms with Crippen LogP contribution in [-0.2, 0) is 32.7 Å². The van der Waals surface area contributed by atoms with E-state index in [1.54, 1.807) is 0 Å². The SMILES string of the molecule is CN(/N=C/c1cc[n+](CCCCCC[n+]2ccn(CCCCn3cc[n+](CCC[Si](C)(C)C)c3)c2)c2ccccc12)c1ccccc1. The molecule has 2 aromatic carbocycles. The normalized spacial score (nSPS) is 12.0. The van der Waals surface area contributed by atoms with Crippen molar-refractivity contribution in [2.24, 2.45) is 5.10 Å². The molecule has 3 heterocycles. The number of rotatable bonds is 19. The largest absolute Gasteiger partial charge is 0.269 e. The summed E-state index contributed by atoms with van der Waals surface area (Å²) in [6, 6.07) is 22.5. The monoisotopic (exact) mass is 650 g/mol. The third-order valence-corrected chi connectivity index (χ3v) is 10.8. The van der Waals surface area contributed by atoms with Crippen LogP contribution >= 0.6 is 0 Å². The van der Waals surface area contributed by atoms with Gasteiger partial charge in [0, 0.05) is 39.2 Å². The molecule has 0 amide bonds. The predicted octanol–water partition coefficient (Wildman–Crippen LogP) is 7.24. The second-order valence-electron chi connectivity index (χ2n) is 14.1. The Kier molecular flexibility index (Phi) is 12.6. The van der Waals surface area contributed by atoms with Crippen molar-refractivity contribution >= 4 is 30.9 Å². The fourth-order valence-corrected chi connectivity index (χ4v) is 7.41. The Hall–Kier alpha value is -4.04.